The van der Waals surface area contributed by atoms with Crippen LogP contribution < -0.4 is 15.4 Å². The Labute approximate surface area is 169 Å². The van der Waals surface area contributed by atoms with Gasteiger partial charge in [0.25, 0.3) is 0 Å². The standard InChI is InChI=1S/C21H24N4O2S/c1-25(2)18(17-6-4-5-7-19(17)27-3)14-23-21(26)24-16-10-8-15(9-11-16)20-22-12-13-28-20/h4-13,18H,14H2,1-3H3,(H2,23,24,26)/t18-/m0/s1. The van der Waals surface area contributed by atoms with E-state index in [4.69, 9.17) is 4.74 Å². The number of benzene rings is 2. The van der Waals surface area contributed by atoms with Crippen LogP contribution in [0.4, 0.5) is 10.5 Å². The molecule has 0 spiro atoms. The number of anilines is 1. The first-order valence-corrected chi connectivity index (χ1v) is 9.80. The number of para-hydroxylation sites is 1. The zero-order valence-corrected chi connectivity index (χ0v) is 17.0. The Bertz CT molecular complexity index is 895. The summed E-state index contributed by atoms with van der Waals surface area (Å²) in [5.41, 5.74) is 2.80. The lowest BCUT2D eigenvalue weighted by atomic mass is 10.0. The molecule has 2 N–H and O–H groups in total. The number of carbonyl (C=O) groups is 1. The minimum absolute atomic E-state index is 0.00539. The van der Waals surface area contributed by atoms with Gasteiger partial charge in [0.1, 0.15) is 10.8 Å². The minimum atomic E-state index is -0.247. The van der Waals surface area contributed by atoms with Gasteiger partial charge in [0.05, 0.1) is 13.2 Å². The van der Waals surface area contributed by atoms with Crippen LogP contribution in [-0.2, 0) is 0 Å². The summed E-state index contributed by atoms with van der Waals surface area (Å²) < 4.78 is 5.46. The lowest BCUT2D eigenvalue weighted by Crippen LogP contribution is -2.37. The Hall–Kier alpha value is -2.90. The number of likely N-dealkylation sites (N-methyl/N-ethyl adjacent to an activating group) is 1. The van der Waals surface area contributed by atoms with E-state index in [1.54, 1.807) is 24.6 Å². The smallest absolute Gasteiger partial charge is 0.319 e. The van der Waals surface area contributed by atoms with E-state index >= 15 is 0 Å². The molecule has 7 heteroatoms. The van der Waals surface area contributed by atoms with E-state index in [9.17, 15) is 4.79 Å². The Kier molecular flexibility index (Phi) is 6.62. The number of hydrogen-bond acceptors (Lipinski definition) is 5. The maximum atomic E-state index is 12.4. The number of hydrogen-bond donors (Lipinski definition) is 2. The number of aromatic nitrogens is 1. The predicted octanol–water partition coefficient (Wildman–Crippen LogP) is 4.24. The Morgan fingerprint density at radius 1 is 1.18 bits per heavy atom. The van der Waals surface area contributed by atoms with Crippen LogP contribution in [0.5, 0.6) is 5.75 Å². The maximum absolute atomic E-state index is 12.4. The van der Waals surface area contributed by atoms with Crippen LogP contribution in [0.2, 0.25) is 0 Å². The molecule has 2 aromatic carbocycles. The molecule has 146 valence electrons. The van der Waals surface area contributed by atoms with Crippen molar-refractivity contribution in [1.29, 1.82) is 0 Å². The highest BCUT2D eigenvalue weighted by Crippen LogP contribution is 2.27. The summed E-state index contributed by atoms with van der Waals surface area (Å²) in [6.07, 6.45) is 1.78. The second-order valence-electron chi connectivity index (χ2n) is 6.47. The quantitative estimate of drug-likeness (QED) is 0.627. The number of ether oxygens (including phenoxy) is 1. The van der Waals surface area contributed by atoms with Gasteiger partial charge in [0.2, 0.25) is 0 Å². The molecule has 3 aromatic rings. The van der Waals surface area contributed by atoms with Crippen LogP contribution >= 0.6 is 11.3 Å². The third kappa shape index (κ3) is 4.88. The summed E-state index contributed by atoms with van der Waals surface area (Å²) >= 11 is 1.58. The van der Waals surface area contributed by atoms with Gasteiger partial charge >= 0.3 is 6.03 Å². The summed E-state index contributed by atoms with van der Waals surface area (Å²) in [4.78, 5) is 18.7. The molecule has 2 amide bonds. The first kappa shape index (κ1) is 19.9. The summed E-state index contributed by atoms with van der Waals surface area (Å²) in [6, 6.07) is 15.2. The van der Waals surface area contributed by atoms with Crippen LogP contribution in [0, 0.1) is 0 Å². The fourth-order valence-corrected chi connectivity index (χ4v) is 3.58. The fraction of sp³-hybridized carbons (Fsp3) is 0.238. The van der Waals surface area contributed by atoms with Crippen LogP contribution in [0.15, 0.2) is 60.1 Å². The third-order valence-corrected chi connectivity index (χ3v) is 5.22. The second kappa shape index (κ2) is 9.34. The number of carbonyl (C=O) groups excluding carboxylic acids is 1. The molecule has 3 rings (SSSR count). The van der Waals surface area contributed by atoms with Crippen LogP contribution in [0.3, 0.4) is 0 Å². The lowest BCUT2D eigenvalue weighted by Gasteiger charge is -2.26. The van der Waals surface area contributed by atoms with Crippen molar-refractivity contribution in [3.05, 3.63) is 65.7 Å². The fourth-order valence-electron chi connectivity index (χ4n) is 2.94. The van der Waals surface area contributed by atoms with E-state index < -0.39 is 0 Å². The van der Waals surface area contributed by atoms with Gasteiger partial charge in [-0.25, -0.2) is 9.78 Å². The van der Waals surface area contributed by atoms with Gasteiger partial charge in [0.15, 0.2) is 0 Å². The van der Waals surface area contributed by atoms with Crippen LogP contribution in [0.25, 0.3) is 10.6 Å². The van der Waals surface area contributed by atoms with Gasteiger partial charge in [-0.15, -0.1) is 11.3 Å². The number of thiazole rings is 1. The molecule has 0 aliphatic carbocycles. The number of urea groups is 1. The molecule has 6 nitrogen and oxygen atoms in total. The summed E-state index contributed by atoms with van der Waals surface area (Å²) in [6.45, 7) is 0.455. The van der Waals surface area contributed by atoms with E-state index in [0.29, 0.717) is 6.54 Å². The van der Waals surface area contributed by atoms with Gasteiger partial charge < -0.3 is 20.3 Å². The van der Waals surface area contributed by atoms with E-state index in [2.05, 4.69) is 20.5 Å². The normalized spacial score (nSPS) is 11.9. The number of amides is 2. The van der Waals surface area contributed by atoms with Gasteiger partial charge in [-0.2, -0.15) is 0 Å². The van der Waals surface area contributed by atoms with E-state index in [-0.39, 0.29) is 12.1 Å². The average molecular weight is 397 g/mol. The van der Waals surface area contributed by atoms with Crippen molar-refractivity contribution < 1.29 is 9.53 Å². The largest absolute Gasteiger partial charge is 0.496 e. The van der Waals surface area contributed by atoms with Gasteiger partial charge in [-0.1, -0.05) is 18.2 Å². The molecular formula is C21H24N4O2S. The van der Waals surface area contributed by atoms with Crippen molar-refractivity contribution in [2.24, 2.45) is 0 Å². The number of nitrogens with one attached hydrogen (secondary N) is 2. The van der Waals surface area contributed by atoms with Crippen molar-refractivity contribution in [1.82, 2.24) is 15.2 Å². The first-order chi connectivity index (χ1) is 13.6. The van der Waals surface area contributed by atoms with E-state index in [1.165, 1.54) is 0 Å². The molecule has 0 saturated heterocycles. The highest BCUT2D eigenvalue weighted by Gasteiger charge is 2.19. The monoisotopic (exact) mass is 396 g/mol. The molecule has 0 fully saturated rings. The molecule has 1 aromatic heterocycles. The molecule has 0 unspecified atom stereocenters. The molecule has 0 bridgehead atoms. The maximum Gasteiger partial charge on any atom is 0.319 e. The molecular weight excluding hydrogens is 372 g/mol. The SMILES string of the molecule is COc1ccccc1[C@H](CNC(=O)Nc1ccc(-c2nccs2)cc1)N(C)C. The Balaban J connectivity index is 1.60. The number of nitrogens with zero attached hydrogens (tertiary/aromatic N) is 2. The van der Waals surface area contributed by atoms with Gasteiger partial charge in [-0.3, -0.25) is 0 Å². The Morgan fingerprint density at radius 2 is 1.93 bits per heavy atom. The van der Waals surface area contributed by atoms with Crippen molar-refractivity contribution >= 4 is 23.1 Å². The Morgan fingerprint density at radius 3 is 2.57 bits per heavy atom. The van der Waals surface area contributed by atoms with Crippen molar-refractivity contribution in [2.75, 3.05) is 33.1 Å². The molecule has 1 atom stereocenters. The topological polar surface area (TPSA) is 66.5 Å². The molecule has 0 aliphatic heterocycles. The van der Waals surface area contributed by atoms with Crippen LogP contribution in [0.1, 0.15) is 11.6 Å². The second-order valence-corrected chi connectivity index (χ2v) is 7.37. The van der Waals surface area contributed by atoms with Gasteiger partial charge in [0, 0.05) is 34.9 Å². The highest BCUT2D eigenvalue weighted by atomic mass is 32.1. The third-order valence-electron chi connectivity index (χ3n) is 4.40. The summed E-state index contributed by atoms with van der Waals surface area (Å²) in [5, 5.41) is 8.72. The molecule has 0 saturated carbocycles. The first-order valence-electron chi connectivity index (χ1n) is 8.92. The molecule has 0 aliphatic rings. The zero-order valence-electron chi connectivity index (χ0n) is 16.2. The van der Waals surface area contributed by atoms with Crippen molar-refractivity contribution in [3.63, 3.8) is 0 Å². The van der Waals surface area contributed by atoms with Crippen molar-refractivity contribution in [3.8, 4) is 16.3 Å². The summed E-state index contributed by atoms with van der Waals surface area (Å²) in [5.74, 6) is 0.807. The summed E-state index contributed by atoms with van der Waals surface area (Å²) in [7, 11) is 5.61. The predicted molar refractivity (Wildman–Crippen MR) is 114 cm³/mol. The molecule has 1 heterocycles. The van der Waals surface area contributed by atoms with Crippen molar-refractivity contribution in [2.45, 2.75) is 6.04 Å². The van der Waals surface area contributed by atoms with Crippen LogP contribution in [-0.4, -0.2) is 43.7 Å². The van der Waals surface area contributed by atoms with Gasteiger partial charge in [-0.05, 0) is 44.4 Å². The molecule has 0 radical (unpaired) electrons. The lowest BCUT2D eigenvalue weighted by molar-refractivity contribution is 0.242. The minimum Gasteiger partial charge on any atom is -0.496 e. The highest BCUT2D eigenvalue weighted by molar-refractivity contribution is 7.13. The van der Waals surface area contributed by atoms with E-state index in [0.717, 1.165) is 27.6 Å². The molecule has 28 heavy (non-hydrogen) atoms. The number of methoxy groups -OCH3 is 1. The zero-order chi connectivity index (χ0) is 19.9. The number of rotatable bonds is 7. The van der Waals surface area contributed by atoms with E-state index in [1.807, 2.05) is 68.0 Å². The average Bonchev–Trinajstić information content (AvgIpc) is 3.23.